The molecule has 0 atom stereocenters. The Kier molecular flexibility index (Phi) is 4.66. The van der Waals surface area contributed by atoms with E-state index in [9.17, 15) is 4.79 Å². The highest BCUT2D eigenvalue weighted by molar-refractivity contribution is 6.31. The molecular formula is C14H19ClN2O2. The van der Waals surface area contributed by atoms with Crippen LogP contribution in [0.1, 0.15) is 30.1 Å². The third-order valence-electron chi connectivity index (χ3n) is 3.17. The van der Waals surface area contributed by atoms with Crippen LogP contribution in [0, 0.1) is 0 Å². The van der Waals surface area contributed by atoms with E-state index in [0.29, 0.717) is 17.1 Å². The minimum Gasteiger partial charge on any atom is -0.395 e. The molecule has 0 heterocycles. The molecule has 0 aliphatic heterocycles. The van der Waals surface area contributed by atoms with Crippen molar-refractivity contribution in [3.63, 3.8) is 0 Å². The fourth-order valence-electron chi connectivity index (χ4n) is 2.14. The van der Waals surface area contributed by atoms with Gasteiger partial charge in [-0.2, -0.15) is 0 Å². The lowest BCUT2D eigenvalue weighted by Gasteiger charge is -2.23. The maximum atomic E-state index is 12.6. The molecule has 104 valence electrons. The second-order valence-corrected chi connectivity index (χ2v) is 5.11. The monoisotopic (exact) mass is 282 g/mol. The molecule has 0 unspecified atom stereocenters. The zero-order valence-corrected chi connectivity index (χ0v) is 11.8. The molecule has 0 saturated heterocycles. The first-order chi connectivity index (χ1) is 9.17. The van der Waals surface area contributed by atoms with E-state index < -0.39 is 0 Å². The molecule has 0 bridgehead atoms. The van der Waals surface area contributed by atoms with E-state index >= 15 is 0 Å². The summed E-state index contributed by atoms with van der Waals surface area (Å²) in [7, 11) is 0. The molecule has 19 heavy (non-hydrogen) atoms. The highest BCUT2D eigenvalue weighted by atomic mass is 35.5. The van der Waals surface area contributed by atoms with Gasteiger partial charge in [0.2, 0.25) is 0 Å². The SMILES string of the molecule is CCNc1ccc(Cl)cc1C(=O)N(CCO)C1CC1. The number of amides is 1. The van der Waals surface area contributed by atoms with Gasteiger partial charge in [-0.15, -0.1) is 0 Å². The van der Waals surface area contributed by atoms with Gasteiger partial charge in [0.05, 0.1) is 12.2 Å². The topological polar surface area (TPSA) is 52.6 Å². The van der Waals surface area contributed by atoms with Crippen LogP contribution in [0.2, 0.25) is 5.02 Å². The summed E-state index contributed by atoms with van der Waals surface area (Å²) < 4.78 is 0. The van der Waals surface area contributed by atoms with Crippen molar-refractivity contribution < 1.29 is 9.90 Å². The molecule has 1 aromatic rings. The van der Waals surface area contributed by atoms with E-state index in [1.54, 1.807) is 17.0 Å². The number of hydrogen-bond donors (Lipinski definition) is 2. The van der Waals surface area contributed by atoms with Crippen molar-refractivity contribution in [3.8, 4) is 0 Å². The Morgan fingerprint density at radius 2 is 2.26 bits per heavy atom. The smallest absolute Gasteiger partial charge is 0.256 e. The second kappa shape index (κ2) is 6.26. The molecule has 5 heteroatoms. The van der Waals surface area contributed by atoms with Crippen LogP contribution in [0.15, 0.2) is 18.2 Å². The lowest BCUT2D eigenvalue weighted by Crippen LogP contribution is -2.35. The Morgan fingerprint density at radius 3 is 2.84 bits per heavy atom. The predicted octanol–water partition coefficient (Wildman–Crippen LogP) is 2.37. The van der Waals surface area contributed by atoms with Gasteiger partial charge < -0.3 is 15.3 Å². The number of nitrogens with one attached hydrogen (secondary N) is 1. The first-order valence-corrected chi connectivity index (χ1v) is 7.00. The fourth-order valence-corrected chi connectivity index (χ4v) is 2.31. The molecule has 1 aliphatic rings. The molecule has 4 nitrogen and oxygen atoms in total. The van der Waals surface area contributed by atoms with Gasteiger partial charge in [-0.3, -0.25) is 4.79 Å². The summed E-state index contributed by atoms with van der Waals surface area (Å²) in [5, 5.41) is 12.8. The quantitative estimate of drug-likeness (QED) is 0.842. The zero-order chi connectivity index (χ0) is 13.8. The number of aliphatic hydroxyl groups excluding tert-OH is 1. The Balaban J connectivity index is 2.27. The van der Waals surface area contributed by atoms with Gasteiger partial charge in [-0.1, -0.05) is 11.6 Å². The fraction of sp³-hybridized carbons (Fsp3) is 0.500. The van der Waals surface area contributed by atoms with Gasteiger partial charge in [0, 0.05) is 29.8 Å². The molecule has 0 radical (unpaired) electrons. The van der Waals surface area contributed by atoms with Gasteiger partial charge >= 0.3 is 0 Å². The van der Waals surface area contributed by atoms with Crippen molar-refractivity contribution in [1.82, 2.24) is 4.90 Å². The third kappa shape index (κ3) is 3.39. The van der Waals surface area contributed by atoms with Crippen molar-refractivity contribution in [2.45, 2.75) is 25.8 Å². The van der Waals surface area contributed by atoms with E-state index in [2.05, 4.69) is 5.32 Å². The van der Waals surface area contributed by atoms with Crippen LogP contribution in [0.3, 0.4) is 0 Å². The minimum atomic E-state index is -0.0602. The summed E-state index contributed by atoms with van der Waals surface area (Å²) in [5.41, 5.74) is 1.37. The first-order valence-electron chi connectivity index (χ1n) is 6.62. The number of halogens is 1. The van der Waals surface area contributed by atoms with Crippen LogP contribution >= 0.6 is 11.6 Å². The summed E-state index contributed by atoms with van der Waals surface area (Å²) in [5.74, 6) is -0.0602. The van der Waals surface area contributed by atoms with Gasteiger partial charge in [0.25, 0.3) is 5.91 Å². The summed E-state index contributed by atoms with van der Waals surface area (Å²) in [6.45, 7) is 3.08. The normalized spacial score (nSPS) is 14.3. The van der Waals surface area contributed by atoms with Crippen molar-refractivity contribution >= 4 is 23.2 Å². The molecule has 0 aromatic heterocycles. The number of rotatable bonds is 6. The lowest BCUT2D eigenvalue weighted by molar-refractivity contribution is 0.0708. The van der Waals surface area contributed by atoms with E-state index in [0.717, 1.165) is 25.1 Å². The summed E-state index contributed by atoms with van der Waals surface area (Å²) in [4.78, 5) is 14.3. The van der Waals surface area contributed by atoms with Crippen LogP contribution in [0.4, 0.5) is 5.69 Å². The molecule has 1 saturated carbocycles. The second-order valence-electron chi connectivity index (χ2n) is 4.67. The number of anilines is 1. The molecule has 0 spiro atoms. The van der Waals surface area contributed by atoms with E-state index in [1.807, 2.05) is 13.0 Å². The maximum Gasteiger partial charge on any atom is 0.256 e. The molecular weight excluding hydrogens is 264 g/mol. The van der Waals surface area contributed by atoms with Crippen LogP contribution in [-0.2, 0) is 0 Å². The van der Waals surface area contributed by atoms with Gasteiger partial charge in [-0.05, 0) is 38.0 Å². The zero-order valence-electron chi connectivity index (χ0n) is 11.0. The van der Waals surface area contributed by atoms with Crippen molar-refractivity contribution in [1.29, 1.82) is 0 Å². The molecule has 2 rings (SSSR count). The standard InChI is InChI=1S/C14H19ClN2O2/c1-2-16-13-6-3-10(15)9-12(13)14(19)17(7-8-18)11-4-5-11/h3,6,9,11,16,18H,2,4-5,7-8H2,1H3. The molecule has 1 aliphatic carbocycles. The summed E-state index contributed by atoms with van der Waals surface area (Å²) in [6.07, 6.45) is 2.03. The van der Waals surface area contributed by atoms with Crippen LogP contribution in [-0.4, -0.2) is 41.7 Å². The maximum absolute atomic E-state index is 12.6. The Bertz CT molecular complexity index is 461. The number of aliphatic hydroxyl groups is 1. The number of carbonyl (C=O) groups excluding carboxylic acids is 1. The van der Waals surface area contributed by atoms with Gasteiger partial charge in [0.1, 0.15) is 0 Å². The van der Waals surface area contributed by atoms with Crippen LogP contribution in [0.5, 0.6) is 0 Å². The first kappa shape index (κ1) is 14.2. The van der Waals surface area contributed by atoms with Crippen molar-refractivity contribution in [2.24, 2.45) is 0 Å². The number of carbonyl (C=O) groups is 1. The van der Waals surface area contributed by atoms with Crippen LogP contribution in [0.25, 0.3) is 0 Å². The number of nitrogens with zero attached hydrogens (tertiary/aromatic N) is 1. The van der Waals surface area contributed by atoms with Crippen molar-refractivity contribution in [2.75, 3.05) is 25.0 Å². The third-order valence-corrected chi connectivity index (χ3v) is 3.40. The summed E-state index contributed by atoms with van der Waals surface area (Å²) >= 11 is 5.99. The highest BCUT2D eigenvalue weighted by Crippen LogP contribution is 2.30. The molecule has 1 aromatic carbocycles. The summed E-state index contributed by atoms with van der Waals surface area (Å²) in [6, 6.07) is 5.55. The number of benzene rings is 1. The molecule has 2 N–H and O–H groups in total. The number of hydrogen-bond acceptors (Lipinski definition) is 3. The molecule has 1 amide bonds. The Morgan fingerprint density at radius 1 is 1.53 bits per heavy atom. The predicted molar refractivity (Wildman–Crippen MR) is 76.8 cm³/mol. The highest BCUT2D eigenvalue weighted by Gasteiger charge is 2.33. The lowest BCUT2D eigenvalue weighted by atomic mass is 10.1. The largest absolute Gasteiger partial charge is 0.395 e. The average Bonchev–Trinajstić information content (AvgIpc) is 3.22. The van der Waals surface area contributed by atoms with E-state index in [4.69, 9.17) is 16.7 Å². The molecule has 1 fully saturated rings. The van der Waals surface area contributed by atoms with Gasteiger partial charge in [-0.25, -0.2) is 0 Å². The van der Waals surface area contributed by atoms with E-state index in [1.165, 1.54) is 0 Å². The van der Waals surface area contributed by atoms with Crippen LogP contribution < -0.4 is 5.32 Å². The average molecular weight is 283 g/mol. The van der Waals surface area contributed by atoms with Crippen molar-refractivity contribution in [3.05, 3.63) is 28.8 Å². The Hall–Kier alpha value is -1.26. The Labute approximate surface area is 118 Å². The minimum absolute atomic E-state index is 0.0145. The van der Waals surface area contributed by atoms with Gasteiger partial charge in [0.15, 0.2) is 0 Å². The van der Waals surface area contributed by atoms with E-state index in [-0.39, 0.29) is 18.6 Å².